The molecule has 0 aliphatic heterocycles. The van der Waals surface area contributed by atoms with Crippen LogP contribution in [0, 0.1) is 6.92 Å². The van der Waals surface area contributed by atoms with E-state index in [9.17, 15) is 18.0 Å². The summed E-state index contributed by atoms with van der Waals surface area (Å²) in [6, 6.07) is 21.0. The Morgan fingerprint density at radius 3 is 2.34 bits per heavy atom. The molecule has 0 saturated carbocycles. The Morgan fingerprint density at radius 2 is 1.66 bits per heavy atom. The lowest BCUT2D eigenvalue weighted by atomic mass is 9.98. The maximum Gasteiger partial charge on any atom is 0.239 e. The smallest absolute Gasteiger partial charge is 0.239 e. The molecule has 0 aliphatic rings. The maximum atomic E-state index is 13.3. The van der Waals surface area contributed by atoms with E-state index in [1.165, 1.54) is 28.5 Å². The van der Waals surface area contributed by atoms with E-state index < -0.39 is 15.3 Å². The standard InChI is InChI=1S/C27H27N3O4S/c1-19(21-9-5-3-6-10-21)15-16-28-25(31)18-30-17-24(35(33,34)22-11-7-4-8-12-22)26(32)23-14-13-20(2)29-27(23)30/h3-14,17,19H,15-16,18H2,1-2H3,(H,28,31). The van der Waals surface area contributed by atoms with Crippen molar-refractivity contribution in [1.82, 2.24) is 14.9 Å². The molecule has 1 amide bonds. The van der Waals surface area contributed by atoms with Gasteiger partial charge in [0.15, 0.2) is 0 Å². The van der Waals surface area contributed by atoms with E-state index >= 15 is 0 Å². The van der Waals surface area contributed by atoms with Crippen LogP contribution in [-0.2, 0) is 21.2 Å². The van der Waals surface area contributed by atoms with Gasteiger partial charge in [-0.1, -0.05) is 55.5 Å². The van der Waals surface area contributed by atoms with Gasteiger partial charge in [0.2, 0.25) is 21.2 Å². The van der Waals surface area contributed by atoms with E-state index in [1.54, 1.807) is 37.3 Å². The van der Waals surface area contributed by atoms with Crippen LogP contribution in [0.4, 0.5) is 0 Å². The van der Waals surface area contributed by atoms with Crippen LogP contribution < -0.4 is 10.7 Å². The van der Waals surface area contributed by atoms with Gasteiger partial charge in [0, 0.05) is 18.4 Å². The maximum absolute atomic E-state index is 13.3. The molecule has 35 heavy (non-hydrogen) atoms. The molecule has 2 aromatic carbocycles. The number of carbonyl (C=O) groups is 1. The van der Waals surface area contributed by atoms with Crippen molar-refractivity contribution in [3.05, 3.63) is 100 Å². The predicted molar refractivity (Wildman–Crippen MR) is 135 cm³/mol. The van der Waals surface area contributed by atoms with Crippen LogP contribution in [0.2, 0.25) is 0 Å². The molecule has 1 unspecified atom stereocenters. The Labute approximate surface area is 204 Å². The first-order valence-electron chi connectivity index (χ1n) is 11.4. The van der Waals surface area contributed by atoms with Crippen LogP contribution in [0.25, 0.3) is 11.0 Å². The minimum absolute atomic E-state index is 0.0161. The number of sulfone groups is 1. The zero-order valence-electron chi connectivity index (χ0n) is 19.6. The Morgan fingerprint density at radius 1 is 1.00 bits per heavy atom. The second-order valence-electron chi connectivity index (χ2n) is 8.54. The predicted octanol–water partition coefficient (Wildman–Crippen LogP) is 3.85. The highest BCUT2D eigenvalue weighted by atomic mass is 32.2. The third kappa shape index (κ3) is 5.33. The number of hydrogen-bond acceptors (Lipinski definition) is 5. The number of fused-ring (bicyclic) bond motifs is 1. The Hall–Kier alpha value is -3.78. The molecule has 4 rings (SSSR count). The molecule has 0 fully saturated rings. The van der Waals surface area contributed by atoms with Gasteiger partial charge in [-0.2, -0.15) is 0 Å². The molecule has 0 aliphatic carbocycles. The fourth-order valence-electron chi connectivity index (χ4n) is 3.96. The molecular formula is C27H27N3O4S. The Balaban J connectivity index is 1.61. The summed E-state index contributed by atoms with van der Waals surface area (Å²) in [6.45, 7) is 4.18. The normalized spacial score (nSPS) is 12.4. The molecule has 0 saturated heterocycles. The number of rotatable bonds is 8. The van der Waals surface area contributed by atoms with Gasteiger partial charge in [-0.05, 0) is 49.1 Å². The highest BCUT2D eigenvalue weighted by Crippen LogP contribution is 2.21. The van der Waals surface area contributed by atoms with Crippen LogP contribution in [0.5, 0.6) is 0 Å². The SMILES string of the molecule is Cc1ccc2c(=O)c(S(=O)(=O)c3ccccc3)cn(CC(=O)NCCC(C)c3ccccc3)c2n1. The minimum atomic E-state index is -4.08. The first kappa shape index (κ1) is 24.3. The van der Waals surface area contributed by atoms with Crippen LogP contribution >= 0.6 is 0 Å². The number of hydrogen-bond donors (Lipinski definition) is 1. The number of pyridine rings is 2. The van der Waals surface area contributed by atoms with Gasteiger partial charge in [0.05, 0.1) is 10.3 Å². The van der Waals surface area contributed by atoms with E-state index in [4.69, 9.17) is 0 Å². The summed E-state index contributed by atoms with van der Waals surface area (Å²) in [6.07, 6.45) is 1.98. The number of carbonyl (C=O) groups excluding carboxylic acids is 1. The largest absolute Gasteiger partial charge is 0.355 e. The lowest BCUT2D eigenvalue weighted by Crippen LogP contribution is -2.30. The number of amides is 1. The first-order chi connectivity index (χ1) is 16.8. The van der Waals surface area contributed by atoms with Crippen molar-refractivity contribution in [2.75, 3.05) is 6.54 Å². The van der Waals surface area contributed by atoms with Gasteiger partial charge >= 0.3 is 0 Å². The molecule has 8 heteroatoms. The molecule has 0 radical (unpaired) electrons. The number of benzene rings is 2. The van der Waals surface area contributed by atoms with Crippen molar-refractivity contribution >= 4 is 26.8 Å². The summed E-state index contributed by atoms with van der Waals surface area (Å²) in [7, 11) is -4.08. The van der Waals surface area contributed by atoms with E-state index in [2.05, 4.69) is 29.4 Å². The van der Waals surface area contributed by atoms with Crippen molar-refractivity contribution in [2.45, 2.75) is 42.5 Å². The fourth-order valence-corrected chi connectivity index (χ4v) is 5.35. The summed E-state index contributed by atoms with van der Waals surface area (Å²) in [5.74, 6) is -0.0155. The third-order valence-corrected chi connectivity index (χ3v) is 7.72. The molecule has 4 aromatic rings. The topological polar surface area (TPSA) is 98.1 Å². The van der Waals surface area contributed by atoms with Crippen molar-refractivity contribution in [1.29, 1.82) is 0 Å². The molecular weight excluding hydrogens is 462 g/mol. The van der Waals surface area contributed by atoms with E-state index in [0.717, 1.165) is 6.42 Å². The summed E-state index contributed by atoms with van der Waals surface area (Å²) in [5, 5.41) is 3.05. The molecule has 0 spiro atoms. The van der Waals surface area contributed by atoms with Gasteiger partial charge in [0.1, 0.15) is 17.1 Å². The number of nitrogens with one attached hydrogen (secondary N) is 1. The van der Waals surface area contributed by atoms with E-state index in [1.807, 2.05) is 18.2 Å². The summed E-state index contributed by atoms with van der Waals surface area (Å²) >= 11 is 0. The zero-order valence-corrected chi connectivity index (χ0v) is 20.5. The average Bonchev–Trinajstić information content (AvgIpc) is 2.86. The summed E-state index contributed by atoms with van der Waals surface area (Å²) in [4.78, 5) is 30.0. The number of aryl methyl sites for hydroxylation is 1. The molecule has 1 N–H and O–H groups in total. The van der Waals surface area contributed by atoms with Gasteiger partial charge < -0.3 is 9.88 Å². The molecule has 1 atom stereocenters. The van der Waals surface area contributed by atoms with Crippen molar-refractivity contribution in [3.8, 4) is 0 Å². The van der Waals surface area contributed by atoms with Crippen LogP contribution in [-0.4, -0.2) is 30.4 Å². The molecule has 2 heterocycles. The van der Waals surface area contributed by atoms with Crippen LogP contribution in [0.1, 0.15) is 30.5 Å². The average molecular weight is 490 g/mol. The van der Waals surface area contributed by atoms with Crippen LogP contribution in [0.3, 0.4) is 0 Å². The lowest BCUT2D eigenvalue weighted by Gasteiger charge is -2.15. The molecule has 180 valence electrons. The highest BCUT2D eigenvalue weighted by molar-refractivity contribution is 7.91. The number of aromatic nitrogens is 2. The van der Waals surface area contributed by atoms with Crippen molar-refractivity contribution < 1.29 is 13.2 Å². The number of nitrogens with zero attached hydrogens (tertiary/aromatic N) is 2. The Bertz CT molecular complexity index is 1520. The molecule has 0 bridgehead atoms. The Kier molecular flexibility index (Phi) is 7.12. The zero-order chi connectivity index (χ0) is 25.0. The van der Waals surface area contributed by atoms with Crippen LogP contribution in [0.15, 0.2) is 93.6 Å². The second kappa shape index (κ2) is 10.2. The monoisotopic (exact) mass is 489 g/mol. The van der Waals surface area contributed by atoms with E-state index in [-0.39, 0.29) is 39.2 Å². The van der Waals surface area contributed by atoms with Gasteiger partial charge in [-0.3, -0.25) is 9.59 Å². The summed E-state index contributed by atoms with van der Waals surface area (Å²) in [5.41, 5.74) is 1.49. The highest BCUT2D eigenvalue weighted by Gasteiger charge is 2.24. The lowest BCUT2D eigenvalue weighted by molar-refractivity contribution is -0.121. The van der Waals surface area contributed by atoms with Gasteiger partial charge in [-0.25, -0.2) is 13.4 Å². The summed E-state index contributed by atoms with van der Waals surface area (Å²) < 4.78 is 27.9. The van der Waals surface area contributed by atoms with E-state index in [0.29, 0.717) is 12.2 Å². The molecule has 2 aromatic heterocycles. The second-order valence-corrected chi connectivity index (χ2v) is 10.5. The fraction of sp³-hybridized carbons (Fsp3) is 0.222. The first-order valence-corrected chi connectivity index (χ1v) is 12.9. The van der Waals surface area contributed by atoms with Gasteiger partial charge in [-0.15, -0.1) is 0 Å². The quantitative estimate of drug-likeness (QED) is 0.405. The van der Waals surface area contributed by atoms with Crippen molar-refractivity contribution in [2.24, 2.45) is 0 Å². The van der Waals surface area contributed by atoms with Gasteiger partial charge in [0.25, 0.3) is 0 Å². The minimum Gasteiger partial charge on any atom is -0.355 e. The molecule has 7 nitrogen and oxygen atoms in total. The van der Waals surface area contributed by atoms with Crippen molar-refractivity contribution in [3.63, 3.8) is 0 Å². The third-order valence-electron chi connectivity index (χ3n) is 5.95.